The summed E-state index contributed by atoms with van der Waals surface area (Å²) >= 11 is 0. The minimum absolute atomic E-state index is 0.784. The fourth-order valence-electron chi connectivity index (χ4n) is 3.57. The average molecular weight is 442 g/mol. The first-order valence-corrected chi connectivity index (χ1v) is 9.89. The molecule has 0 radical (unpaired) electrons. The zero-order chi connectivity index (χ0) is 22.4. The molecule has 170 valence electrons. The summed E-state index contributed by atoms with van der Waals surface area (Å²) in [5.41, 5.74) is 3.80. The maximum Gasteiger partial charge on any atom is 0.490 e. The summed E-state index contributed by atoms with van der Waals surface area (Å²) in [5, 5.41) is 11.4. The number of carbonyl (C=O) groups is 1. The summed E-state index contributed by atoms with van der Waals surface area (Å²) in [6.45, 7) is 6.42. The van der Waals surface area contributed by atoms with E-state index < -0.39 is 12.1 Å². The molecule has 0 spiro atoms. The Labute approximate surface area is 177 Å². The molecule has 0 bridgehead atoms. The van der Waals surface area contributed by atoms with Crippen LogP contribution in [-0.4, -0.2) is 81.3 Å². The van der Waals surface area contributed by atoms with E-state index in [1.54, 1.807) is 6.33 Å². The van der Waals surface area contributed by atoms with Gasteiger partial charge in [-0.2, -0.15) is 18.3 Å². The van der Waals surface area contributed by atoms with Crippen molar-refractivity contribution in [3.63, 3.8) is 0 Å². The van der Waals surface area contributed by atoms with Crippen molar-refractivity contribution in [2.24, 2.45) is 7.05 Å². The van der Waals surface area contributed by atoms with Gasteiger partial charge in [-0.25, -0.2) is 14.8 Å². The summed E-state index contributed by atoms with van der Waals surface area (Å²) in [4.78, 5) is 22.9. The summed E-state index contributed by atoms with van der Waals surface area (Å²) in [5.74, 6) is -1.64. The first-order chi connectivity index (χ1) is 14.7. The largest absolute Gasteiger partial charge is 0.490 e. The smallest absolute Gasteiger partial charge is 0.475 e. The minimum atomic E-state index is -5.08. The lowest BCUT2D eigenvalue weighted by Gasteiger charge is -2.29. The van der Waals surface area contributed by atoms with Gasteiger partial charge in [-0.3, -0.25) is 9.58 Å². The Morgan fingerprint density at radius 1 is 1.16 bits per heavy atom. The highest BCUT2D eigenvalue weighted by molar-refractivity contribution is 5.73. The molecule has 4 rings (SSSR count). The highest BCUT2D eigenvalue weighted by Crippen LogP contribution is 2.24. The highest BCUT2D eigenvalue weighted by atomic mass is 19.4. The summed E-state index contributed by atoms with van der Waals surface area (Å²) < 4.78 is 39.1. The van der Waals surface area contributed by atoms with Crippen LogP contribution in [0.3, 0.4) is 0 Å². The van der Waals surface area contributed by atoms with Crippen LogP contribution >= 0.6 is 0 Å². The van der Waals surface area contributed by atoms with Crippen LogP contribution in [0.5, 0.6) is 0 Å². The van der Waals surface area contributed by atoms with E-state index in [1.807, 2.05) is 17.9 Å². The van der Waals surface area contributed by atoms with Crippen molar-refractivity contribution in [1.29, 1.82) is 0 Å². The topological polar surface area (TPSA) is 96.6 Å². The molecular weight excluding hydrogens is 417 g/mol. The number of aryl methyl sites for hydroxylation is 1. The Balaban J connectivity index is 0.000000339. The number of aromatic nitrogens is 4. The van der Waals surface area contributed by atoms with Crippen LogP contribution in [-0.2, 0) is 36.0 Å². The standard InChI is InChI=1S/C17H24N6O.C2HF3O2/c1-21-11-14(10-20-21)12-22-4-2-15-16(3-5-22)18-13-19-17(15)23-6-8-24-9-7-23;3-2(4,5)1(6)7/h10-11,13H,2-9,12H2,1H3;(H,6,7). The highest BCUT2D eigenvalue weighted by Gasteiger charge is 2.38. The molecule has 1 fully saturated rings. The van der Waals surface area contributed by atoms with Gasteiger partial charge in [-0.15, -0.1) is 0 Å². The third-order valence-electron chi connectivity index (χ3n) is 5.07. The van der Waals surface area contributed by atoms with Crippen LogP contribution in [0.2, 0.25) is 0 Å². The normalized spacial score (nSPS) is 17.4. The van der Waals surface area contributed by atoms with Crippen molar-refractivity contribution in [2.45, 2.75) is 25.6 Å². The number of hydrogen-bond acceptors (Lipinski definition) is 7. The molecule has 0 amide bonds. The van der Waals surface area contributed by atoms with Gasteiger partial charge in [0.05, 0.1) is 25.1 Å². The van der Waals surface area contributed by atoms with E-state index in [0.717, 1.165) is 64.6 Å². The van der Waals surface area contributed by atoms with Crippen molar-refractivity contribution >= 4 is 11.8 Å². The van der Waals surface area contributed by atoms with Crippen LogP contribution in [0, 0.1) is 0 Å². The number of carboxylic acid groups (broad SMARTS) is 1. The monoisotopic (exact) mass is 442 g/mol. The molecule has 9 nitrogen and oxygen atoms in total. The Kier molecular flexibility index (Phi) is 7.44. The second-order valence-corrected chi connectivity index (χ2v) is 7.32. The molecule has 0 aromatic carbocycles. The molecule has 0 aliphatic carbocycles. The molecule has 4 heterocycles. The van der Waals surface area contributed by atoms with Gasteiger partial charge in [0.25, 0.3) is 0 Å². The number of fused-ring (bicyclic) bond motifs is 1. The number of morpholine rings is 1. The van der Waals surface area contributed by atoms with Gasteiger partial charge in [0.1, 0.15) is 12.1 Å². The maximum atomic E-state index is 10.6. The van der Waals surface area contributed by atoms with Gasteiger partial charge >= 0.3 is 12.1 Å². The third kappa shape index (κ3) is 6.37. The lowest BCUT2D eigenvalue weighted by atomic mass is 10.1. The van der Waals surface area contributed by atoms with Gasteiger partial charge in [0, 0.05) is 63.5 Å². The van der Waals surface area contributed by atoms with Crippen LogP contribution in [0.1, 0.15) is 16.8 Å². The van der Waals surface area contributed by atoms with E-state index in [9.17, 15) is 13.2 Å². The van der Waals surface area contributed by atoms with E-state index >= 15 is 0 Å². The molecule has 1 N–H and O–H groups in total. The molecule has 0 saturated carbocycles. The molecule has 1 saturated heterocycles. The lowest BCUT2D eigenvalue weighted by molar-refractivity contribution is -0.192. The first-order valence-electron chi connectivity index (χ1n) is 9.89. The maximum absolute atomic E-state index is 10.6. The number of aliphatic carboxylic acids is 1. The number of alkyl halides is 3. The van der Waals surface area contributed by atoms with Gasteiger partial charge in [-0.05, 0) is 6.42 Å². The van der Waals surface area contributed by atoms with E-state index in [0.29, 0.717) is 0 Å². The fraction of sp³-hybridized carbons (Fsp3) is 0.579. The minimum Gasteiger partial charge on any atom is -0.475 e. The van der Waals surface area contributed by atoms with Crippen molar-refractivity contribution < 1.29 is 27.8 Å². The molecule has 2 aliphatic rings. The number of carboxylic acids is 1. The molecule has 0 atom stereocenters. The van der Waals surface area contributed by atoms with Crippen molar-refractivity contribution in [3.8, 4) is 0 Å². The average Bonchev–Trinajstić information content (AvgIpc) is 3.03. The van der Waals surface area contributed by atoms with Gasteiger partial charge in [0.15, 0.2) is 0 Å². The zero-order valence-electron chi connectivity index (χ0n) is 17.2. The van der Waals surface area contributed by atoms with E-state index in [4.69, 9.17) is 14.6 Å². The molecule has 31 heavy (non-hydrogen) atoms. The Bertz CT molecular complexity index is 883. The second-order valence-electron chi connectivity index (χ2n) is 7.32. The third-order valence-corrected chi connectivity index (χ3v) is 5.07. The number of halogens is 3. The predicted molar refractivity (Wildman–Crippen MR) is 105 cm³/mol. The lowest BCUT2D eigenvalue weighted by Crippen LogP contribution is -2.37. The van der Waals surface area contributed by atoms with Gasteiger partial charge in [0.2, 0.25) is 0 Å². The Morgan fingerprint density at radius 3 is 2.45 bits per heavy atom. The van der Waals surface area contributed by atoms with Crippen LogP contribution in [0.15, 0.2) is 18.7 Å². The first kappa shape index (κ1) is 22.9. The molecule has 2 aliphatic heterocycles. The van der Waals surface area contributed by atoms with Crippen LogP contribution in [0.25, 0.3) is 0 Å². The number of ether oxygens (including phenoxy) is 1. The Hall–Kier alpha value is -2.73. The molecule has 2 aromatic heterocycles. The summed E-state index contributed by atoms with van der Waals surface area (Å²) in [6.07, 6.45) is 2.67. The van der Waals surface area contributed by atoms with Crippen molar-refractivity contribution in [2.75, 3.05) is 44.3 Å². The number of rotatable bonds is 3. The number of hydrogen-bond donors (Lipinski definition) is 1. The second kappa shape index (κ2) is 10.1. The van der Waals surface area contributed by atoms with E-state index in [2.05, 4.69) is 31.1 Å². The number of anilines is 1. The van der Waals surface area contributed by atoms with Gasteiger partial charge in [-0.1, -0.05) is 0 Å². The molecule has 0 unspecified atom stereocenters. The summed E-state index contributed by atoms with van der Waals surface area (Å²) in [6, 6.07) is 0. The van der Waals surface area contributed by atoms with E-state index in [1.165, 1.54) is 16.8 Å². The van der Waals surface area contributed by atoms with E-state index in [-0.39, 0.29) is 0 Å². The van der Waals surface area contributed by atoms with Crippen molar-refractivity contribution in [3.05, 3.63) is 35.5 Å². The number of nitrogens with zero attached hydrogens (tertiary/aromatic N) is 6. The fourth-order valence-corrected chi connectivity index (χ4v) is 3.57. The van der Waals surface area contributed by atoms with Crippen molar-refractivity contribution in [1.82, 2.24) is 24.6 Å². The molecule has 12 heteroatoms. The zero-order valence-corrected chi connectivity index (χ0v) is 17.2. The quantitative estimate of drug-likeness (QED) is 0.760. The Morgan fingerprint density at radius 2 is 1.84 bits per heavy atom. The summed E-state index contributed by atoms with van der Waals surface area (Å²) in [7, 11) is 1.96. The predicted octanol–water partition coefficient (Wildman–Crippen LogP) is 1.28. The molecule has 2 aromatic rings. The van der Waals surface area contributed by atoms with Crippen LogP contribution in [0.4, 0.5) is 19.0 Å². The molecular formula is C19H25F3N6O3. The SMILES string of the molecule is Cn1cc(CN2CCc3ncnc(N4CCOCC4)c3CC2)cn1.O=C(O)C(F)(F)F. The van der Waals surface area contributed by atoms with Crippen LogP contribution < -0.4 is 4.90 Å². The van der Waals surface area contributed by atoms with Gasteiger partial charge < -0.3 is 14.7 Å².